The summed E-state index contributed by atoms with van der Waals surface area (Å²) in [5, 5.41) is 12.4. The number of hydrogen-bond acceptors (Lipinski definition) is 4. The molecule has 3 rings (SSSR count). The van der Waals surface area contributed by atoms with Gasteiger partial charge in [0.15, 0.2) is 0 Å². The van der Waals surface area contributed by atoms with Gasteiger partial charge in [-0.2, -0.15) is 5.26 Å². The molecule has 1 aliphatic rings. The minimum Gasteiger partial charge on any atom is -0.264 e. The van der Waals surface area contributed by atoms with E-state index in [1.54, 1.807) is 17.5 Å². The van der Waals surface area contributed by atoms with Gasteiger partial charge < -0.3 is 0 Å². The highest BCUT2D eigenvalue weighted by atomic mass is 32.1. The van der Waals surface area contributed by atoms with Gasteiger partial charge in [0.1, 0.15) is 0 Å². The van der Waals surface area contributed by atoms with E-state index in [-0.39, 0.29) is 5.41 Å². The number of nitriles is 1. The van der Waals surface area contributed by atoms with Gasteiger partial charge in [0.2, 0.25) is 0 Å². The van der Waals surface area contributed by atoms with Crippen LogP contribution in [-0.2, 0) is 6.42 Å². The van der Waals surface area contributed by atoms with E-state index >= 15 is 0 Å². The zero-order chi connectivity index (χ0) is 12.4. The maximum atomic E-state index is 9.24. The van der Waals surface area contributed by atoms with E-state index in [0.29, 0.717) is 0 Å². The molecule has 2 heterocycles. The maximum Gasteiger partial charge on any atom is 0.0948 e. The summed E-state index contributed by atoms with van der Waals surface area (Å²) in [6, 6.07) is 6.39. The molecule has 0 radical (unpaired) electrons. The van der Waals surface area contributed by atoms with Crippen LogP contribution in [0.25, 0.3) is 11.3 Å². The van der Waals surface area contributed by atoms with Crippen LogP contribution in [0.5, 0.6) is 0 Å². The molecule has 0 aliphatic heterocycles. The van der Waals surface area contributed by atoms with Crippen molar-refractivity contribution in [2.75, 3.05) is 0 Å². The summed E-state index contributed by atoms with van der Waals surface area (Å²) in [6.07, 6.45) is 7.59. The molecule has 0 N–H and O–H groups in total. The summed E-state index contributed by atoms with van der Waals surface area (Å²) in [5.74, 6) is 0. The summed E-state index contributed by atoms with van der Waals surface area (Å²) < 4.78 is 0. The largest absolute Gasteiger partial charge is 0.264 e. The molecule has 4 heteroatoms. The maximum absolute atomic E-state index is 9.24. The summed E-state index contributed by atoms with van der Waals surface area (Å²) in [4.78, 5) is 8.72. The Balaban J connectivity index is 1.80. The lowest BCUT2D eigenvalue weighted by Crippen LogP contribution is -2.29. The quantitative estimate of drug-likeness (QED) is 0.844. The predicted molar refractivity (Wildman–Crippen MR) is 70.9 cm³/mol. The Bertz CT molecular complexity index is 579. The molecule has 0 spiro atoms. The lowest BCUT2D eigenvalue weighted by molar-refractivity contribution is 0.214. The SMILES string of the molecule is N#CC1(Cc2nc(-c3cccnc3)cs2)CCC1. The van der Waals surface area contributed by atoms with Crippen molar-refractivity contribution in [3.63, 3.8) is 0 Å². The Morgan fingerprint density at radius 2 is 2.33 bits per heavy atom. The van der Waals surface area contributed by atoms with Gasteiger partial charge in [0.05, 0.1) is 22.2 Å². The van der Waals surface area contributed by atoms with Crippen LogP contribution in [-0.4, -0.2) is 9.97 Å². The lowest BCUT2D eigenvalue weighted by Gasteiger charge is -2.34. The van der Waals surface area contributed by atoms with Crippen molar-refractivity contribution in [1.82, 2.24) is 9.97 Å². The van der Waals surface area contributed by atoms with Gasteiger partial charge >= 0.3 is 0 Å². The first-order chi connectivity index (χ1) is 8.81. The monoisotopic (exact) mass is 255 g/mol. The first kappa shape index (κ1) is 11.4. The Morgan fingerprint density at radius 1 is 1.44 bits per heavy atom. The highest BCUT2D eigenvalue weighted by Crippen LogP contribution is 2.43. The molecular formula is C14H13N3S. The molecule has 2 aromatic rings. The second-order valence-corrected chi connectivity index (χ2v) is 5.73. The molecule has 0 amide bonds. The van der Waals surface area contributed by atoms with Gasteiger partial charge in [-0.1, -0.05) is 6.42 Å². The van der Waals surface area contributed by atoms with Gasteiger partial charge in [-0.15, -0.1) is 11.3 Å². The lowest BCUT2D eigenvalue weighted by atomic mass is 9.68. The Kier molecular flexibility index (Phi) is 2.85. The number of nitrogens with zero attached hydrogens (tertiary/aromatic N) is 3. The van der Waals surface area contributed by atoms with Crippen molar-refractivity contribution < 1.29 is 0 Å². The Labute approximate surface area is 110 Å². The van der Waals surface area contributed by atoms with Gasteiger partial charge in [0, 0.05) is 29.8 Å². The van der Waals surface area contributed by atoms with Gasteiger partial charge in [0.25, 0.3) is 0 Å². The van der Waals surface area contributed by atoms with Crippen molar-refractivity contribution >= 4 is 11.3 Å². The number of aromatic nitrogens is 2. The van der Waals surface area contributed by atoms with Crippen LogP contribution in [0.4, 0.5) is 0 Å². The van der Waals surface area contributed by atoms with E-state index in [9.17, 15) is 5.26 Å². The molecular weight excluding hydrogens is 242 g/mol. The van der Waals surface area contributed by atoms with Crippen LogP contribution in [0, 0.1) is 16.7 Å². The van der Waals surface area contributed by atoms with E-state index < -0.39 is 0 Å². The van der Waals surface area contributed by atoms with E-state index in [4.69, 9.17) is 0 Å². The number of hydrogen-bond donors (Lipinski definition) is 0. The van der Waals surface area contributed by atoms with E-state index in [1.165, 1.54) is 6.42 Å². The Morgan fingerprint density at radius 3 is 2.94 bits per heavy atom. The molecule has 0 aromatic carbocycles. The average molecular weight is 255 g/mol. The van der Waals surface area contributed by atoms with E-state index in [0.717, 1.165) is 35.5 Å². The highest BCUT2D eigenvalue weighted by Gasteiger charge is 2.38. The fraction of sp³-hybridized carbons (Fsp3) is 0.357. The number of thiazole rings is 1. The van der Waals surface area contributed by atoms with Crippen molar-refractivity contribution in [2.45, 2.75) is 25.7 Å². The molecule has 90 valence electrons. The average Bonchev–Trinajstić information content (AvgIpc) is 2.83. The summed E-state index contributed by atoms with van der Waals surface area (Å²) in [5.41, 5.74) is 1.87. The van der Waals surface area contributed by atoms with Gasteiger partial charge in [-0.3, -0.25) is 4.98 Å². The normalized spacial score (nSPS) is 16.8. The van der Waals surface area contributed by atoms with E-state index in [1.807, 2.05) is 18.3 Å². The van der Waals surface area contributed by atoms with Crippen LogP contribution in [0.3, 0.4) is 0 Å². The molecule has 1 saturated carbocycles. The molecule has 0 atom stereocenters. The highest BCUT2D eigenvalue weighted by molar-refractivity contribution is 7.09. The van der Waals surface area contributed by atoms with Crippen LogP contribution in [0.2, 0.25) is 0 Å². The number of rotatable bonds is 3. The third-order valence-electron chi connectivity index (χ3n) is 3.55. The van der Waals surface area contributed by atoms with Crippen molar-refractivity contribution in [2.24, 2.45) is 5.41 Å². The number of pyridine rings is 1. The van der Waals surface area contributed by atoms with Crippen LogP contribution in [0.1, 0.15) is 24.3 Å². The zero-order valence-electron chi connectivity index (χ0n) is 9.97. The zero-order valence-corrected chi connectivity index (χ0v) is 10.8. The van der Waals surface area contributed by atoms with Crippen molar-refractivity contribution in [3.8, 4) is 17.3 Å². The summed E-state index contributed by atoms with van der Waals surface area (Å²) in [6.45, 7) is 0. The predicted octanol–water partition coefficient (Wildman–Crippen LogP) is 3.44. The Hall–Kier alpha value is -1.73. The first-order valence-electron chi connectivity index (χ1n) is 6.07. The standard InChI is InChI=1S/C14H13N3S/c15-10-14(4-2-5-14)7-13-17-12(9-18-13)11-3-1-6-16-8-11/h1,3,6,8-9H,2,4-5,7H2. The third-order valence-corrected chi connectivity index (χ3v) is 4.40. The van der Waals surface area contributed by atoms with Gasteiger partial charge in [-0.05, 0) is 25.0 Å². The molecule has 0 bridgehead atoms. The van der Waals surface area contributed by atoms with Crippen LogP contribution < -0.4 is 0 Å². The molecule has 2 aromatic heterocycles. The molecule has 0 unspecified atom stereocenters. The summed E-state index contributed by atoms with van der Waals surface area (Å²) >= 11 is 1.65. The fourth-order valence-corrected chi connectivity index (χ4v) is 3.21. The van der Waals surface area contributed by atoms with E-state index in [2.05, 4.69) is 21.4 Å². The minimum absolute atomic E-state index is 0.135. The molecule has 1 fully saturated rings. The molecule has 18 heavy (non-hydrogen) atoms. The molecule has 0 saturated heterocycles. The second kappa shape index (κ2) is 4.51. The third kappa shape index (κ3) is 2.02. The van der Waals surface area contributed by atoms with Crippen molar-refractivity contribution in [1.29, 1.82) is 5.26 Å². The topological polar surface area (TPSA) is 49.6 Å². The fourth-order valence-electron chi connectivity index (χ4n) is 2.26. The molecule has 3 nitrogen and oxygen atoms in total. The minimum atomic E-state index is -0.135. The van der Waals surface area contributed by atoms with Gasteiger partial charge in [-0.25, -0.2) is 4.98 Å². The van der Waals surface area contributed by atoms with Crippen molar-refractivity contribution in [3.05, 3.63) is 34.9 Å². The van der Waals surface area contributed by atoms with Crippen LogP contribution in [0.15, 0.2) is 29.9 Å². The summed E-state index contributed by atoms with van der Waals surface area (Å²) in [7, 11) is 0. The second-order valence-electron chi connectivity index (χ2n) is 4.79. The smallest absolute Gasteiger partial charge is 0.0948 e. The van der Waals surface area contributed by atoms with Crippen LogP contribution >= 0.6 is 11.3 Å². The molecule has 1 aliphatic carbocycles. The first-order valence-corrected chi connectivity index (χ1v) is 6.95.